The second-order valence-corrected chi connectivity index (χ2v) is 9.10. The first kappa shape index (κ1) is 20.8. The Morgan fingerprint density at radius 2 is 2.03 bits per heavy atom. The van der Waals surface area contributed by atoms with Crippen LogP contribution in [0.25, 0.3) is 5.57 Å². The van der Waals surface area contributed by atoms with Crippen molar-refractivity contribution in [3.63, 3.8) is 0 Å². The van der Waals surface area contributed by atoms with Gasteiger partial charge >= 0.3 is 0 Å². The predicted octanol–water partition coefficient (Wildman–Crippen LogP) is 4.07. The Balaban J connectivity index is 1.79. The zero-order valence-corrected chi connectivity index (χ0v) is 18.9. The molecule has 0 radical (unpaired) electrons. The topological polar surface area (TPSA) is 51.6 Å². The van der Waals surface area contributed by atoms with Gasteiger partial charge in [-0.05, 0) is 74.8 Å². The van der Waals surface area contributed by atoms with Gasteiger partial charge in [0.05, 0.1) is 23.3 Å². The molecule has 2 N–H and O–H groups in total. The lowest BCUT2D eigenvalue weighted by molar-refractivity contribution is 0.247. The number of pyridine rings is 1. The van der Waals surface area contributed by atoms with Crippen LogP contribution in [0.5, 0.6) is 0 Å². The van der Waals surface area contributed by atoms with Crippen molar-refractivity contribution in [2.75, 3.05) is 25.1 Å². The molecule has 2 atom stereocenters. The van der Waals surface area contributed by atoms with Crippen molar-refractivity contribution >= 4 is 28.6 Å². The molecule has 30 heavy (non-hydrogen) atoms. The summed E-state index contributed by atoms with van der Waals surface area (Å²) in [7, 11) is 2.15. The van der Waals surface area contributed by atoms with Crippen LogP contribution >= 0.6 is 12.2 Å². The lowest BCUT2D eigenvalue weighted by Gasteiger charge is -2.41. The van der Waals surface area contributed by atoms with Gasteiger partial charge in [0.1, 0.15) is 0 Å². The maximum Gasteiger partial charge on any atom is 0.170 e. The molecule has 0 bridgehead atoms. The Hall–Kier alpha value is -2.44. The van der Waals surface area contributed by atoms with E-state index >= 15 is 0 Å². The van der Waals surface area contributed by atoms with Crippen molar-refractivity contribution in [3.8, 4) is 0 Å². The number of aromatic nitrogens is 1. The standard InChI is InChI=1S/C24H30N4OS/c1-16-15-24(2,3)27(4)20-10-9-17(14-18(16)20)22-21(19-8-5-6-11-25-19)26-23(30)28(22)12-7-13-29/h5-6,8-11,14-15,21-22,29H,7,12-13H2,1-4H3,(H,26,30)/t21-,22+/m1/s1. The van der Waals surface area contributed by atoms with Crippen molar-refractivity contribution < 1.29 is 5.11 Å². The molecule has 2 aliphatic heterocycles. The second kappa shape index (κ2) is 8.00. The summed E-state index contributed by atoms with van der Waals surface area (Å²) in [5, 5.41) is 13.6. The van der Waals surface area contributed by atoms with E-state index in [-0.39, 0.29) is 24.2 Å². The summed E-state index contributed by atoms with van der Waals surface area (Å²) in [6, 6.07) is 12.7. The monoisotopic (exact) mass is 422 g/mol. The van der Waals surface area contributed by atoms with E-state index in [1.165, 1.54) is 22.4 Å². The van der Waals surface area contributed by atoms with Gasteiger partial charge in [-0.25, -0.2) is 0 Å². The van der Waals surface area contributed by atoms with Crippen molar-refractivity contribution in [3.05, 3.63) is 65.5 Å². The number of allylic oxidation sites excluding steroid dienone is 1. The van der Waals surface area contributed by atoms with Crippen LogP contribution in [0.4, 0.5) is 5.69 Å². The normalized spacial score (nSPS) is 22.6. The molecule has 1 aromatic carbocycles. The minimum atomic E-state index is -0.0301. The zero-order chi connectivity index (χ0) is 21.5. The number of benzene rings is 1. The molecule has 0 unspecified atom stereocenters. The molecule has 0 aliphatic carbocycles. The molecule has 1 fully saturated rings. The predicted molar refractivity (Wildman–Crippen MR) is 126 cm³/mol. The molecule has 0 amide bonds. The molecule has 6 heteroatoms. The summed E-state index contributed by atoms with van der Waals surface area (Å²) >= 11 is 5.69. The third kappa shape index (κ3) is 3.59. The fourth-order valence-electron chi connectivity index (χ4n) is 4.61. The Morgan fingerprint density at radius 3 is 2.73 bits per heavy atom. The highest BCUT2D eigenvalue weighted by Crippen LogP contribution is 2.43. The number of anilines is 1. The summed E-state index contributed by atoms with van der Waals surface area (Å²) in [4.78, 5) is 9.13. The molecule has 4 rings (SSSR count). The van der Waals surface area contributed by atoms with E-state index in [1.807, 2.05) is 24.4 Å². The van der Waals surface area contributed by atoms with Crippen LogP contribution in [0.1, 0.15) is 56.1 Å². The number of aliphatic hydroxyl groups excluding tert-OH is 1. The Labute approximate surface area is 184 Å². The molecule has 158 valence electrons. The first-order valence-electron chi connectivity index (χ1n) is 10.5. The molecule has 2 aromatic rings. The van der Waals surface area contributed by atoms with Crippen LogP contribution in [0.2, 0.25) is 0 Å². The van der Waals surface area contributed by atoms with Gasteiger partial charge in [-0.15, -0.1) is 0 Å². The molecule has 5 nitrogen and oxygen atoms in total. The van der Waals surface area contributed by atoms with E-state index < -0.39 is 0 Å². The number of hydrogen-bond acceptors (Lipinski definition) is 4. The number of thiocarbonyl (C=S) groups is 1. The van der Waals surface area contributed by atoms with Gasteiger partial charge < -0.3 is 20.2 Å². The third-order valence-electron chi connectivity index (χ3n) is 6.34. The third-order valence-corrected chi connectivity index (χ3v) is 6.69. The fraction of sp³-hybridized carbons (Fsp3) is 0.417. The van der Waals surface area contributed by atoms with Crippen molar-refractivity contribution in [2.24, 2.45) is 0 Å². The van der Waals surface area contributed by atoms with Crippen LogP contribution in [0.3, 0.4) is 0 Å². The van der Waals surface area contributed by atoms with Gasteiger partial charge in [-0.2, -0.15) is 0 Å². The van der Waals surface area contributed by atoms with E-state index in [2.05, 4.69) is 72.2 Å². The van der Waals surface area contributed by atoms with E-state index in [9.17, 15) is 5.11 Å². The van der Waals surface area contributed by atoms with E-state index in [0.717, 1.165) is 5.69 Å². The van der Waals surface area contributed by atoms with Crippen LogP contribution in [0, 0.1) is 0 Å². The van der Waals surface area contributed by atoms with E-state index in [4.69, 9.17) is 12.2 Å². The summed E-state index contributed by atoms with van der Waals surface area (Å²) in [5.41, 5.74) is 5.95. The number of rotatable bonds is 5. The molecule has 1 saturated heterocycles. The SMILES string of the molecule is CC1=CC(C)(C)N(C)c2ccc([C@H]3[C@@H](c4ccccn4)NC(=S)N3CCCO)cc21. The number of fused-ring (bicyclic) bond motifs is 1. The van der Waals surface area contributed by atoms with Crippen LogP contribution in [-0.2, 0) is 0 Å². The maximum absolute atomic E-state index is 9.41. The van der Waals surface area contributed by atoms with Crippen LogP contribution in [-0.4, -0.2) is 45.8 Å². The second-order valence-electron chi connectivity index (χ2n) is 8.71. The van der Waals surface area contributed by atoms with Gasteiger partial charge in [-0.1, -0.05) is 18.2 Å². The van der Waals surface area contributed by atoms with Gasteiger partial charge in [0.25, 0.3) is 0 Å². The van der Waals surface area contributed by atoms with Crippen molar-refractivity contribution in [1.82, 2.24) is 15.2 Å². The summed E-state index contributed by atoms with van der Waals surface area (Å²) in [5.74, 6) is 0. The van der Waals surface area contributed by atoms with Crippen molar-refractivity contribution in [1.29, 1.82) is 0 Å². The summed E-state index contributed by atoms with van der Waals surface area (Å²) < 4.78 is 0. The Bertz CT molecular complexity index is 972. The first-order valence-corrected chi connectivity index (χ1v) is 10.9. The highest BCUT2D eigenvalue weighted by atomic mass is 32.1. The minimum Gasteiger partial charge on any atom is -0.396 e. The number of nitrogens with zero attached hydrogens (tertiary/aromatic N) is 3. The smallest absolute Gasteiger partial charge is 0.170 e. The molecule has 3 heterocycles. The van der Waals surface area contributed by atoms with Crippen LogP contribution < -0.4 is 10.2 Å². The van der Waals surface area contributed by atoms with E-state index in [0.29, 0.717) is 18.1 Å². The highest BCUT2D eigenvalue weighted by Gasteiger charge is 2.40. The van der Waals surface area contributed by atoms with Crippen molar-refractivity contribution in [2.45, 2.75) is 44.8 Å². The Kier molecular flexibility index (Phi) is 5.55. The zero-order valence-electron chi connectivity index (χ0n) is 18.1. The molecular formula is C24H30N4OS. The summed E-state index contributed by atoms with van der Waals surface area (Å²) in [6.45, 7) is 7.51. The molecule has 0 spiro atoms. The quantitative estimate of drug-likeness (QED) is 0.709. The number of nitrogens with one attached hydrogen (secondary N) is 1. The molecule has 0 saturated carbocycles. The number of likely N-dealkylation sites (N-methyl/N-ethyl adjacent to an activating group) is 1. The lowest BCUT2D eigenvalue weighted by atomic mass is 9.86. The minimum absolute atomic E-state index is 0.0151. The molecular weight excluding hydrogens is 392 g/mol. The van der Waals surface area contributed by atoms with Gasteiger partial charge in [0.2, 0.25) is 0 Å². The highest BCUT2D eigenvalue weighted by molar-refractivity contribution is 7.80. The maximum atomic E-state index is 9.41. The largest absolute Gasteiger partial charge is 0.396 e. The number of aliphatic hydroxyl groups is 1. The number of hydrogen-bond donors (Lipinski definition) is 2. The van der Waals surface area contributed by atoms with Gasteiger partial charge in [-0.3, -0.25) is 4.98 Å². The lowest BCUT2D eigenvalue weighted by Crippen LogP contribution is -2.42. The molecule has 2 aliphatic rings. The molecule has 1 aromatic heterocycles. The fourth-order valence-corrected chi connectivity index (χ4v) is 4.94. The van der Waals surface area contributed by atoms with Gasteiger partial charge in [0.15, 0.2) is 5.11 Å². The van der Waals surface area contributed by atoms with Gasteiger partial charge in [0, 0.05) is 37.6 Å². The average molecular weight is 423 g/mol. The van der Waals surface area contributed by atoms with E-state index in [1.54, 1.807) is 0 Å². The van der Waals surface area contributed by atoms with Crippen LogP contribution in [0.15, 0.2) is 48.7 Å². The summed E-state index contributed by atoms with van der Waals surface area (Å²) in [6.07, 6.45) is 4.83. The first-order chi connectivity index (χ1) is 14.3. The average Bonchev–Trinajstić information content (AvgIpc) is 3.06. The Morgan fingerprint density at radius 1 is 1.23 bits per heavy atom.